The van der Waals surface area contributed by atoms with Gasteiger partial charge in [0.25, 0.3) is 0 Å². The van der Waals surface area contributed by atoms with Crippen LogP contribution in [0, 0.1) is 6.92 Å². The first kappa shape index (κ1) is 29.7. The summed E-state index contributed by atoms with van der Waals surface area (Å²) in [4.78, 5) is 18.1. The normalized spacial score (nSPS) is 13.3. The van der Waals surface area contributed by atoms with E-state index in [4.69, 9.17) is 5.14 Å². The molecule has 0 saturated carbocycles. The number of nitrogens with two attached hydrogens (primary N) is 1. The molecule has 0 radical (unpaired) electrons. The first-order valence-corrected chi connectivity index (χ1v) is 12.8. The zero-order chi connectivity index (χ0) is 24.2. The summed E-state index contributed by atoms with van der Waals surface area (Å²) in [5.74, 6) is 0. The van der Waals surface area contributed by atoms with Gasteiger partial charge in [-0.05, 0) is 90.7 Å². The highest BCUT2D eigenvalue weighted by Gasteiger charge is 2.23. The lowest BCUT2D eigenvalue weighted by Gasteiger charge is -2.12. The van der Waals surface area contributed by atoms with Crippen LogP contribution in [-0.2, 0) is 22.0 Å². The Morgan fingerprint density at radius 3 is 1.71 bits per heavy atom. The molecule has 31 heavy (non-hydrogen) atoms. The molecule has 0 amide bonds. The van der Waals surface area contributed by atoms with Crippen LogP contribution in [0.1, 0.15) is 50.8 Å². The number of pyridine rings is 2. The van der Waals surface area contributed by atoms with Crippen molar-refractivity contribution in [3.8, 4) is 0 Å². The largest absolute Gasteiger partial charge is 0.296 e. The second-order valence-corrected chi connectivity index (χ2v) is 12.8. The Morgan fingerprint density at radius 2 is 1.39 bits per heavy atom. The topological polar surface area (TPSA) is 115 Å². The molecule has 2 heterocycles. The Balaban J connectivity index is 0.000000479. The highest BCUT2D eigenvalue weighted by Crippen LogP contribution is 2.12. The number of hydrogen-bond acceptors (Lipinski definition) is 5. The summed E-state index contributed by atoms with van der Waals surface area (Å²) in [6.07, 6.45) is 2.25. The van der Waals surface area contributed by atoms with Crippen molar-refractivity contribution in [1.82, 2.24) is 9.97 Å². The summed E-state index contributed by atoms with van der Waals surface area (Å²) in [5.41, 5.74) is 1.14. The molecule has 0 fully saturated rings. The Hall–Kier alpha value is -1.27. The molecule has 2 atom stereocenters. The lowest BCUT2D eigenvalue weighted by atomic mass is 10.3. The zero-order valence-corrected chi connectivity index (χ0v) is 22.8. The molecule has 2 aromatic heterocycles. The van der Waals surface area contributed by atoms with Gasteiger partial charge in [0.2, 0.25) is 0 Å². The van der Waals surface area contributed by atoms with Gasteiger partial charge < -0.3 is 0 Å². The Kier molecular flexibility index (Phi) is 13.4. The van der Waals surface area contributed by atoms with Gasteiger partial charge in [-0.3, -0.25) is 4.79 Å². The minimum atomic E-state index is -1.29. The van der Waals surface area contributed by atoms with Crippen LogP contribution in [0.15, 0.2) is 50.0 Å². The van der Waals surface area contributed by atoms with Gasteiger partial charge in [-0.1, -0.05) is 12.1 Å². The quantitative estimate of drug-likeness (QED) is 0.240. The van der Waals surface area contributed by atoms with Crippen molar-refractivity contribution in [2.45, 2.75) is 44.1 Å². The van der Waals surface area contributed by atoms with Crippen molar-refractivity contribution in [3.63, 3.8) is 0 Å². The van der Waals surface area contributed by atoms with Gasteiger partial charge in [0.1, 0.15) is 36.9 Å². The number of hydrogen-bond donors (Lipinski definition) is 1. The molecule has 7 nitrogen and oxygen atoms in total. The van der Waals surface area contributed by atoms with Crippen LogP contribution >= 0.6 is 31.9 Å². The monoisotopic (exact) mass is 593 g/mol. The first-order chi connectivity index (χ1) is 14.2. The molecule has 2 rings (SSSR count). The molecule has 2 N–H and O–H groups in total. The number of aromatic nitrogens is 2. The van der Waals surface area contributed by atoms with E-state index in [1.165, 1.54) is 6.21 Å². The predicted molar refractivity (Wildman–Crippen MR) is 137 cm³/mol. The van der Waals surface area contributed by atoms with Gasteiger partial charge in [0, 0.05) is 0 Å². The smallest absolute Gasteiger partial charge is 0.187 e. The van der Waals surface area contributed by atoms with Crippen LogP contribution in [0.3, 0.4) is 0 Å². The molecule has 0 aliphatic carbocycles. The number of nitrogens with zero attached hydrogens (tertiary/aromatic N) is 3. The maximum atomic E-state index is 11.6. The second-order valence-electron chi connectivity index (χ2n) is 7.54. The van der Waals surface area contributed by atoms with Crippen molar-refractivity contribution < 1.29 is 13.2 Å². The molecular formula is C20H27Br2N4O3S2+. The Bertz CT molecular complexity index is 927. The predicted octanol–water partition coefficient (Wildman–Crippen LogP) is 4.60. The van der Waals surface area contributed by atoms with E-state index in [-0.39, 0.29) is 4.75 Å². The van der Waals surface area contributed by atoms with Gasteiger partial charge >= 0.3 is 0 Å². The summed E-state index contributed by atoms with van der Waals surface area (Å²) in [6, 6.07) is 10.7. The third-order valence-corrected chi connectivity index (χ3v) is 6.26. The lowest BCUT2D eigenvalue weighted by Crippen LogP contribution is -2.27. The van der Waals surface area contributed by atoms with E-state index in [0.29, 0.717) is 22.3 Å². The van der Waals surface area contributed by atoms with E-state index in [0.717, 1.165) is 4.60 Å². The van der Waals surface area contributed by atoms with Crippen LogP contribution in [0.25, 0.3) is 0 Å². The maximum absolute atomic E-state index is 11.6. The number of aldehydes is 1. The highest BCUT2D eigenvalue weighted by molar-refractivity contribution is 9.10. The Labute approximate surface area is 206 Å². The fourth-order valence-corrected chi connectivity index (χ4v) is 2.48. The van der Waals surface area contributed by atoms with Crippen molar-refractivity contribution in [1.29, 1.82) is 0 Å². The SMILES string of the molecule is CC(C)(C)[S@](=O)N=Cc1cccc(Br)n1.O=Cc1cccc(Br)n1.[CH2+]C(C)(C)[S@@](N)=O. The van der Waals surface area contributed by atoms with Crippen molar-refractivity contribution in [2.75, 3.05) is 0 Å². The Morgan fingerprint density at radius 1 is 0.968 bits per heavy atom. The third-order valence-electron chi connectivity index (χ3n) is 2.94. The van der Waals surface area contributed by atoms with Crippen LogP contribution in [0.4, 0.5) is 0 Å². The fraction of sp³-hybridized carbons (Fsp3) is 0.350. The molecule has 0 bridgehead atoms. The highest BCUT2D eigenvalue weighted by atomic mass is 79.9. The van der Waals surface area contributed by atoms with Crippen LogP contribution in [-0.4, -0.2) is 40.4 Å². The van der Waals surface area contributed by atoms with Gasteiger partial charge in [0.05, 0.1) is 23.6 Å². The van der Waals surface area contributed by atoms with Crippen molar-refractivity contribution >= 4 is 66.3 Å². The summed E-state index contributed by atoms with van der Waals surface area (Å²) in [6.45, 7) is 12.6. The molecule has 170 valence electrons. The second kappa shape index (κ2) is 14.0. The van der Waals surface area contributed by atoms with Crippen LogP contribution in [0.2, 0.25) is 0 Å². The van der Waals surface area contributed by atoms with E-state index < -0.39 is 26.7 Å². The van der Waals surface area contributed by atoms with E-state index in [9.17, 15) is 13.2 Å². The molecule has 0 aliphatic heterocycles. The van der Waals surface area contributed by atoms with Gasteiger partial charge in [-0.2, -0.15) is 4.40 Å². The molecule has 0 spiro atoms. The number of carbonyl (C=O) groups is 1. The summed E-state index contributed by atoms with van der Waals surface area (Å²) in [5, 5.41) is 4.98. The minimum absolute atomic E-state index is 0.331. The summed E-state index contributed by atoms with van der Waals surface area (Å²) >= 11 is 6.39. The molecule has 2 aromatic rings. The number of carbonyl (C=O) groups excluding carboxylic acids is 1. The molecule has 11 heteroatoms. The standard InChI is InChI=1S/C10H13BrN2OS.C6H4BrNO.C4H10NOS/c1-10(2,3)15(14)12-7-8-5-4-6-9(11)13-8;7-6-3-1-2-5(4-9)8-6;1-4(2,3)7(5)6/h4-7H,1-3H3;1-4H;1,5H2,2-3H3/q;;+1/t15-;;7-/m0.0/s1. The summed E-state index contributed by atoms with van der Waals surface area (Å²) in [7, 11) is -2.52. The van der Waals surface area contributed by atoms with Crippen molar-refractivity contribution in [3.05, 3.63) is 63.9 Å². The third kappa shape index (κ3) is 14.4. The average Bonchev–Trinajstić information content (AvgIpc) is 2.65. The van der Waals surface area contributed by atoms with E-state index in [1.54, 1.807) is 32.0 Å². The lowest BCUT2D eigenvalue weighted by molar-refractivity contribution is 0.111. The maximum Gasteiger partial charge on any atom is 0.187 e. The zero-order valence-electron chi connectivity index (χ0n) is 18.0. The molecule has 0 aliphatic rings. The van der Waals surface area contributed by atoms with Gasteiger partial charge in [-0.25, -0.2) is 23.5 Å². The molecule has 0 aromatic carbocycles. The number of halogens is 2. The van der Waals surface area contributed by atoms with Gasteiger partial charge in [0.15, 0.2) is 11.0 Å². The average molecular weight is 595 g/mol. The fourth-order valence-electron chi connectivity index (χ4n) is 1.25. The van der Waals surface area contributed by atoms with Crippen LogP contribution in [0.5, 0.6) is 0 Å². The van der Waals surface area contributed by atoms with E-state index in [1.807, 2.05) is 39.0 Å². The molecule has 0 saturated heterocycles. The summed E-state index contributed by atoms with van der Waals surface area (Å²) < 4.78 is 26.5. The van der Waals surface area contributed by atoms with Crippen LogP contribution < -0.4 is 5.14 Å². The molecular weight excluding hydrogens is 568 g/mol. The minimum Gasteiger partial charge on any atom is -0.296 e. The number of rotatable bonds is 4. The van der Waals surface area contributed by atoms with Crippen molar-refractivity contribution in [2.24, 2.45) is 9.54 Å². The van der Waals surface area contributed by atoms with Gasteiger partial charge in [-0.15, -0.1) is 0 Å². The van der Waals surface area contributed by atoms with E-state index in [2.05, 4.69) is 53.1 Å². The molecule has 0 unspecified atom stereocenters. The first-order valence-electron chi connectivity index (χ1n) is 8.85. The van der Waals surface area contributed by atoms with E-state index >= 15 is 0 Å².